The van der Waals surface area contributed by atoms with Gasteiger partial charge in [-0.25, -0.2) is 0 Å². The van der Waals surface area contributed by atoms with Gasteiger partial charge in [0.05, 0.1) is 0 Å². The molecular formula is C21H34N2. The summed E-state index contributed by atoms with van der Waals surface area (Å²) in [6.07, 6.45) is 15.6. The minimum atomic E-state index is 0.509. The summed E-state index contributed by atoms with van der Waals surface area (Å²) in [5.74, 6) is 0. The predicted octanol–water partition coefficient (Wildman–Crippen LogP) is 5.41. The Kier molecular flexibility index (Phi) is 8.06. The molecule has 1 aliphatic heterocycles. The van der Waals surface area contributed by atoms with Crippen molar-refractivity contribution in [2.24, 2.45) is 0 Å². The Morgan fingerprint density at radius 1 is 0.739 bits per heavy atom. The van der Waals surface area contributed by atoms with Gasteiger partial charge < -0.3 is 9.80 Å². The first-order valence-electron chi connectivity index (χ1n) is 9.59. The second-order valence-corrected chi connectivity index (χ2v) is 6.71. The van der Waals surface area contributed by atoms with Crippen molar-refractivity contribution in [1.29, 1.82) is 0 Å². The van der Waals surface area contributed by atoms with Gasteiger partial charge in [0.15, 0.2) is 0 Å². The summed E-state index contributed by atoms with van der Waals surface area (Å²) in [4.78, 5) is 5.11. The molecule has 0 aromatic heterocycles. The first kappa shape index (κ1) is 17.9. The van der Waals surface area contributed by atoms with Crippen molar-refractivity contribution in [3.63, 3.8) is 0 Å². The van der Waals surface area contributed by atoms with E-state index in [4.69, 9.17) is 0 Å². The van der Waals surface area contributed by atoms with Crippen LogP contribution >= 0.6 is 0 Å². The van der Waals surface area contributed by atoms with Crippen LogP contribution in [0.1, 0.15) is 64.4 Å². The van der Waals surface area contributed by atoms with Crippen LogP contribution < -0.4 is 0 Å². The van der Waals surface area contributed by atoms with Crippen LogP contribution in [0, 0.1) is 0 Å². The minimum absolute atomic E-state index is 0.509. The van der Waals surface area contributed by atoms with Crippen LogP contribution in [0.25, 0.3) is 0 Å². The van der Waals surface area contributed by atoms with E-state index in [1.165, 1.54) is 63.6 Å². The van der Waals surface area contributed by atoms with Gasteiger partial charge in [-0.1, -0.05) is 76.3 Å². The Morgan fingerprint density at radius 2 is 1.35 bits per heavy atom. The third kappa shape index (κ3) is 5.93. The molecule has 0 aliphatic carbocycles. The van der Waals surface area contributed by atoms with Crippen LogP contribution in [0.4, 0.5) is 0 Å². The zero-order chi connectivity index (χ0) is 16.3. The van der Waals surface area contributed by atoms with Crippen molar-refractivity contribution >= 4 is 0 Å². The fraction of sp³-hybridized carbons (Fsp3) is 0.619. The Bertz CT molecular complexity index is 440. The van der Waals surface area contributed by atoms with Crippen LogP contribution in [0.2, 0.25) is 0 Å². The number of unbranched alkanes of at least 4 members (excludes halogenated alkanes) is 5. The van der Waals surface area contributed by atoms with E-state index in [0.29, 0.717) is 6.17 Å². The summed E-state index contributed by atoms with van der Waals surface area (Å²) in [6, 6.07) is 10.9. The molecule has 2 nitrogen and oxygen atoms in total. The van der Waals surface area contributed by atoms with Gasteiger partial charge in [-0.15, -0.1) is 0 Å². The van der Waals surface area contributed by atoms with Gasteiger partial charge in [0.25, 0.3) is 0 Å². The van der Waals surface area contributed by atoms with E-state index in [1.54, 1.807) is 0 Å². The van der Waals surface area contributed by atoms with Gasteiger partial charge >= 0.3 is 0 Å². The van der Waals surface area contributed by atoms with Crippen LogP contribution in [-0.2, 0) is 6.42 Å². The normalized spacial score (nSPS) is 17.2. The lowest BCUT2D eigenvalue weighted by atomic mass is 10.1. The van der Waals surface area contributed by atoms with Crippen molar-refractivity contribution in [2.45, 2.75) is 71.4 Å². The average Bonchev–Trinajstić information content (AvgIpc) is 2.95. The largest absolute Gasteiger partial charge is 0.356 e. The van der Waals surface area contributed by atoms with Gasteiger partial charge in [-0.3, -0.25) is 0 Å². The molecule has 0 saturated carbocycles. The average molecular weight is 315 g/mol. The smallest absolute Gasteiger partial charge is 0.105 e. The zero-order valence-electron chi connectivity index (χ0n) is 15.1. The molecule has 1 aliphatic rings. The van der Waals surface area contributed by atoms with Gasteiger partial charge in [0.2, 0.25) is 0 Å². The molecule has 0 spiro atoms. The topological polar surface area (TPSA) is 6.48 Å². The zero-order valence-corrected chi connectivity index (χ0v) is 15.1. The highest BCUT2D eigenvalue weighted by Gasteiger charge is 2.25. The van der Waals surface area contributed by atoms with E-state index >= 15 is 0 Å². The van der Waals surface area contributed by atoms with Gasteiger partial charge in [-0.05, 0) is 18.4 Å². The molecule has 2 heteroatoms. The van der Waals surface area contributed by atoms with E-state index in [9.17, 15) is 0 Å². The van der Waals surface area contributed by atoms with Gasteiger partial charge in [0, 0.05) is 31.9 Å². The predicted molar refractivity (Wildman–Crippen MR) is 100 cm³/mol. The molecule has 1 aromatic rings. The number of benzene rings is 1. The molecule has 0 amide bonds. The Hall–Kier alpha value is -1.44. The van der Waals surface area contributed by atoms with E-state index in [0.717, 1.165) is 6.42 Å². The highest BCUT2D eigenvalue weighted by Crippen LogP contribution is 2.21. The van der Waals surface area contributed by atoms with E-state index < -0.39 is 0 Å². The lowest BCUT2D eigenvalue weighted by Gasteiger charge is -2.33. The third-order valence-corrected chi connectivity index (χ3v) is 4.77. The van der Waals surface area contributed by atoms with E-state index in [-0.39, 0.29) is 0 Å². The number of nitrogens with zero attached hydrogens (tertiary/aromatic N) is 2. The first-order chi connectivity index (χ1) is 11.3. The van der Waals surface area contributed by atoms with Gasteiger partial charge in [-0.2, -0.15) is 0 Å². The van der Waals surface area contributed by atoms with E-state index in [2.05, 4.69) is 66.4 Å². The summed E-state index contributed by atoms with van der Waals surface area (Å²) in [5.41, 5.74) is 1.44. The second kappa shape index (κ2) is 10.4. The summed E-state index contributed by atoms with van der Waals surface area (Å²) in [7, 11) is 0. The van der Waals surface area contributed by atoms with Crippen LogP contribution in [0.5, 0.6) is 0 Å². The highest BCUT2D eigenvalue weighted by atomic mass is 15.4. The van der Waals surface area contributed by atoms with Crippen molar-refractivity contribution < 1.29 is 0 Å². The van der Waals surface area contributed by atoms with Crippen LogP contribution in [0.15, 0.2) is 42.7 Å². The second-order valence-electron chi connectivity index (χ2n) is 6.71. The summed E-state index contributed by atoms with van der Waals surface area (Å²) >= 11 is 0. The summed E-state index contributed by atoms with van der Waals surface area (Å²) in [5, 5.41) is 0. The molecule has 1 unspecified atom stereocenters. The third-order valence-electron chi connectivity index (χ3n) is 4.77. The van der Waals surface area contributed by atoms with Crippen molar-refractivity contribution in [1.82, 2.24) is 9.80 Å². The Labute approximate surface area is 143 Å². The van der Waals surface area contributed by atoms with Gasteiger partial charge in [0.1, 0.15) is 6.17 Å². The molecule has 0 bridgehead atoms. The van der Waals surface area contributed by atoms with Crippen molar-refractivity contribution in [2.75, 3.05) is 13.1 Å². The highest BCUT2D eigenvalue weighted by molar-refractivity contribution is 5.17. The number of hydrogen-bond donors (Lipinski definition) is 0. The lowest BCUT2D eigenvalue weighted by molar-refractivity contribution is 0.148. The fourth-order valence-electron chi connectivity index (χ4n) is 3.31. The maximum atomic E-state index is 2.56. The molecular weight excluding hydrogens is 280 g/mol. The molecule has 0 saturated heterocycles. The first-order valence-corrected chi connectivity index (χ1v) is 9.59. The SMILES string of the molecule is CCCCCCCN1C=CN(CCCC)C1Cc1ccccc1. The fourth-order valence-corrected chi connectivity index (χ4v) is 3.31. The molecule has 0 radical (unpaired) electrons. The van der Waals surface area contributed by atoms with Crippen molar-refractivity contribution in [3.05, 3.63) is 48.3 Å². The Balaban J connectivity index is 1.89. The molecule has 23 heavy (non-hydrogen) atoms. The number of hydrogen-bond acceptors (Lipinski definition) is 2. The molecule has 0 fully saturated rings. The maximum Gasteiger partial charge on any atom is 0.105 e. The quantitative estimate of drug-likeness (QED) is 0.504. The standard InChI is InChI=1S/C21H34N2/c1-3-5-7-8-12-16-23-18-17-22(15-6-4-2)21(23)19-20-13-10-9-11-14-20/h9-11,13-14,17-18,21H,3-8,12,15-16,19H2,1-2H3. The Morgan fingerprint density at radius 3 is 2.00 bits per heavy atom. The molecule has 1 heterocycles. The molecule has 128 valence electrons. The van der Waals surface area contributed by atoms with E-state index in [1.807, 2.05) is 0 Å². The lowest BCUT2D eigenvalue weighted by Crippen LogP contribution is -2.41. The molecule has 1 atom stereocenters. The van der Waals surface area contributed by atoms with Crippen LogP contribution in [0.3, 0.4) is 0 Å². The monoisotopic (exact) mass is 314 g/mol. The summed E-state index contributed by atoms with van der Waals surface area (Å²) in [6.45, 7) is 6.93. The summed E-state index contributed by atoms with van der Waals surface area (Å²) < 4.78 is 0. The van der Waals surface area contributed by atoms with Crippen molar-refractivity contribution in [3.8, 4) is 0 Å². The maximum absolute atomic E-state index is 2.56. The molecule has 2 rings (SSSR count). The molecule has 0 N–H and O–H groups in total. The van der Waals surface area contributed by atoms with Crippen LogP contribution in [-0.4, -0.2) is 29.1 Å². The minimum Gasteiger partial charge on any atom is -0.356 e. The molecule has 1 aromatic carbocycles. The number of rotatable bonds is 11.